The molecule has 2 N–H and O–H groups in total. The van der Waals surface area contributed by atoms with Gasteiger partial charge in [-0.25, -0.2) is 0 Å². The second kappa shape index (κ2) is 8.70. The second-order valence-electron chi connectivity index (χ2n) is 10.6. The Labute approximate surface area is 211 Å². The van der Waals surface area contributed by atoms with Crippen LogP contribution in [0.15, 0.2) is 46.9 Å². The number of rotatable bonds is 3. The van der Waals surface area contributed by atoms with Gasteiger partial charge in [0.25, 0.3) is 0 Å². The van der Waals surface area contributed by atoms with E-state index in [-0.39, 0.29) is 11.2 Å². The summed E-state index contributed by atoms with van der Waals surface area (Å²) in [5, 5.41) is 21.2. The Hall–Kier alpha value is -3.35. The molecule has 3 aliphatic rings. The molecule has 5 nitrogen and oxygen atoms in total. The minimum atomic E-state index is -0.485. The number of carbonyl (C=O) groups excluding carboxylic acids is 1. The zero-order valence-electron chi connectivity index (χ0n) is 20.6. The van der Waals surface area contributed by atoms with Crippen molar-refractivity contribution < 1.29 is 4.79 Å². The van der Waals surface area contributed by atoms with Crippen molar-refractivity contribution in [2.45, 2.75) is 71.6 Å². The molecule has 0 radical (unpaired) electrons. The van der Waals surface area contributed by atoms with E-state index in [1.54, 1.807) is 11.3 Å². The highest BCUT2D eigenvalue weighted by Crippen LogP contribution is 2.52. The maximum absolute atomic E-state index is 13.7. The van der Waals surface area contributed by atoms with Gasteiger partial charge in [0.15, 0.2) is 5.78 Å². The first kappa shape index (κ1) is 23.4. The summed E-state index contributed by atoms with van der Waals surface area (Å²) in [4.78, 5) is 16.9. The summed E-state index contributed by atoms with van der Waals surface area (Å²) >= 11 is 1.60. The van der Waals surface area contributed by atoms with E-state index in [0.717, 1.165) is 53.9 Å². The summed E-state index contributed by atoms with van der Waals surface area (Å²) in [6.07, 6.45) is 6.03. The Morgan fingerprint density at radius 1 is 1.11 bits per heavy atom. The number of aryl methyl sites for hydroxylation is 2. The molecular weight excluding hydrogens is 452 g/mol. The molecule has 0 amide bonds. The molecule has 1 aromatic heterocycles. The third-order valence-electron chi connectivity index (χ3n) is 7.57. The number of ketones is 1. The van der Waals surface area contributed by atoms with Gasteiger partial charge in [-0.05, 0) is 60.6 Å². The highest BCUT2D eigenvalue weighted by molar-refractivity contribution is 7.16. The van der Waals surface area contributed by atoms with Crippen molar-refractivity contribution in [1.82, 2.24) is 0 Å². The largest absolute Gasteiger partial charge is 0.384 e. The summed E-state index contributed by atoms with van der Waals surface area (Å²) in [6.45, 7) is 6.30. The Kier molecular flexibility index (Phi) is 5.82. The average molecular weight is 483 g/mol. The number of Topliss-reactive ketones (excluding diaryl/α,β-unsaturated/α-hetero) is 1. The lowest BCUT2D eigenvalue weighted by Crippen LogP contribution is -2.42. The molecular formula is C29H30N4OS. The van der Waals surface area contributed by atoms with Gasteiger partial charge in [-0.3, -0.25) is 9.69 Å². The molecule has 2 heterocycles. The van der Waals surface area contributed by atoms with Crippen molar-refractivity contribution in [1.29, 1.82) is 10.5 Å². The molecule has 2 aromatic rings. The Bertz CT molecular complexity index is 1360. The Morgan fingerprint density at radius 3 is 2.49 bits per heavy atom. The number of benzene rings is 1. The quantitative estimate of drug-likeness (QED) is 0.579. The van der Waals surface area contributed by atoms with Gasteiger partial charge in [-0.2, -0.15) is 10.5 Å². The third-order valence-corrected chi connectivity index (χ3v) is 8.85. The summed E-state index contributed by atoms with van der Waals surface area (Å²) < 4.78 is 0. The van der Waals surface area contributed by atoms with Crippen LogP contribution in [0.4, 0.5) is 5.00 Å². The topological polar surface area (TPSA) is 93.9 Å². The van der Waals surface area contributed by atoms with Gasteiger partial charge in [0, 0.05) is 22.6 Å². The zero-order chi connectivity index (χ0) is 24.9. The second-order valence-corrected chi connectivity index (χ2v) is 11.7. The molecule has 1 unspecified atom stereocenters. The average Bonchev–Trinajstić information content (AvgIpc) is 3.20. The van der Waals surface area contributed by atoms with Crippen LogP contribution in [-0.2, 0) is 24.1 Å². The molecule has 1 aromatic carbocycles. The SMILES string of the molecule is CCc1ccc(C2C(C#N)=C(N)N(c3sc4c(c3C#N)CCCC4)C3=C2C(=O)CC(C)(C)C3)cc1. The summed E-state index contributed by atoms with van der Waals surface area (Å²) in [6, 6.07) is 13.0. The molecule has 1 atom stereocenters. The van der Waals surface area contributed by atoms with E-state index >= 15 is 0 Å². The molecule has 0 fully saturated rings. The van der Waals surface area contributed by atoms with Crippen molar-refractivity contribution in [3.63, 3.8) is 0 Å². The number of thiophene rings is 1. The molecule has 178 valence electrons. The van der Waals surface area contributed by atoms with Gasteiger partial charge in [-0.1, -0.05) is 45.0 Å². The molecule has 6 heteroatoms. The Balaban J connectivity index is 1.77. The van der Waals surface area contributed by atoms with Crippen LogP contribution in [0.2, 0.25) is 0 Å². The minimum absolute atomic E-state index is 0.0610. The van der Waals surface area contributed by atoms with Crippen LogP contribution in [-0.4, -0.2) is 5.78 Å². The lowest BCUT2D eigenvalue weighted by molar-refractivity contribution is -0.118. The first-order chi connectivity index (χ1) is 16.8. The van der Waals surface area contributed by atoms with Gasteiger partial charge in [0.05, 0.1) is 23.1 Å². The number of allylic oxidation sites excluding steroid dienone is 3. The van der Waals surface area contributed by atoms with Crippen molar-refractivity contribution >= 4 is 22.1 Å². The summed E-state index contributed by atoms with van der Waals surface area (Å²) in [5.41, 5.74) is 12.3. The fraction of sp³-hybridized carbons (Fsp3) is 0.414. The van der Waals surface area contributed by atoms with Crippen molar-refractivity contribution in [3.05, 3.63) is 74.1 Å². The predicted molar refractivity (Wildman–Crippen MR) is 139 cm³/mol. The number of hydrogen-bond donors (Lipinski definition) is 1. The molecule has 0 saturated carbocycles. The van der Waals surface area contributed by atoms with E-state index in [0.29, 0.717) is 35.4 Å². The first-order valence-corrected chi connectivity index (χ1v) is 13.2. The first-order valence-electron chi connectivity index (χ1n) is 12.4. The lowest BCUT2D eigenvalue weighted by atomic mass is 9.68. The number of nitriles is 2. The number of nitrogens with zero attached hydrogens (tertiary/aromatic N) is 3. The number of hydrogen-bond acceptors (Lipinski definition) is 6. The summed E-state index contributed by atoms with van der Waals surface area (Å²) in [7, 11) is 0. The minimum Gasteiger partial charge on any atom is -0.384 e. The fourth-order valence-electron chi connectivity index (χ4n) is 5.84. The number of fused-ring (bicyclic) bond motifs is 1. The molecule has 0 saturated heterocycles. The number of nitrogens with two attached hydrogens (primary N) is 1. The third kappa shape index (κ3) is 3.77. The van der Waals surface area contributed by atoms with Gasteiger partial charge < -0.3 is 5.73 Å². The molecule has 0 bridgehead atoms. The van der Waals surface area contributed by atoms with Crippen LogP contribution < -0.4 is 10.6 Å². The Morgan fingerprint density at radius 2 is 1.83 bits per heavy atom. The highest BCUT2D eigenvalue weighted by Gasteiger charge is 2.45. The maximum atomic E-state index is 13.7. The lowest BCUT2D eigenvalue weighted by Gasteiger charge is -2.43. The van der Waals surface area contributed by atoms with E-state index in [2.05, 4.69) is 45.0 Å². The molecule has 0 spiro atoms. The molecule has 2 aliphatic carbocycles. The zero-order valence-corrected chi connectivity index (χ0v) is 21.4. The van der Waals surface area contributed by atoms with Gasteiger partial charge in [0.2, 0.25) is 0 Å². The van der Waals surface area contributed by atoms with Crippen molar-refractivity contribution in [2.24, 2.45) is 11.1 Å². The predicted octanol–water partition coefficient (Wildman–Crippen LogP) is 6.00. The van der Waals surface area contributed by atoms with Gasteiger partial charge in [0.1, 0.15) is 16.9 Å². The van der Waals surface area contributed by atoms with Crippen LogP contribution in [0.5, 0.6) is 0 Å². The van der Waals surface area contributed by atoms with Crippen LogP contribution in [0.25, 0.3) is 0 Å². The van der Waals surface area contributed by atoms with Gasteiger partial charge in [-0.15, -0.1) is 11.3 Å². The normalized spacial score (nSPS) is 21.3. The van der Waals surface area contributed by atoms with Crippen LogP contribution in [0.1, 0.15) is 79.5 Å². The summed E-state index contributed by atoms with van der Waals surface area (Å²) in [5.74, 6) is -0.0804. The van der Waals surface area contributed by atoms with Crippen LogP contribution >= 0.6 is 11.3 Å². The number of anilines is 1. The van der Waals surface area contributed by atoms with Gasteiger partial charge >= 0.3 is 0 Å². The van der Waals surface area contributed by atoms with Crippen LogP contribution in [0, 0.1) is 28.1 Å². The standard InChI is InChI=1S/C29H30N4OS/c1-4-17-9-11-18(12-10-17)25-21(16-31)27(32)33(22-13-29(2,3)14-23(34)26(22)25)28-20(15-30)19-7-5-6-8-24(19)35-28/h9-12,25H,4-8,13-14,32H2,1-3H3. The highest BCUT2D eigenvalue weighted by atomic mass is 32.1. The number of carbonyl (C=O) groups is 1. The van der Waals surface area contributed by atoms with E-state index in [9.17, 15) is 15.3 Å². The monoisotopic (exact) mass is 482 g/mol. The fourth-order valence-corrected chi connectivity index (χ4v) is 7.22. The maximum Gasteiger partial charge on any atom is 0.162 e. The van der Waals surface area contributed by atoms with Crippen LogP contribution in [0.3, 0.4) is 0 Å². The molecule has 35 heavy (non-hydrogen) atoms. The van der Waals surface area contributed by atoms with E-state index in [4.69, 9.17) is 5.73 Å². The smallest absolute Gasteiger partial charge is 0.162 e. The van der Waals surface area contributed by atoms with E-state index in [1.165, 1.54) is 10.4 Å². The molecule has 5 rings (SSSR count). The van der Waals surface area contributed by atoms with E-state index < -0.39 is 5.92 Å². The van der Waals surface area contributed by atoms with Crippen molar-refractivity contribution in [3.8, 4) is 12.1 Å². The van der Waals surface area contributed by atoms with E-state index in [1.807, 2.05) is 17.0 Å². The molecule has 1 aliphatic heterocycles. The van der Waals surface area contributed by atoms with Crippen molar-refractivity contribution in [2.75, 3.05) is 4.90 Å².